The van der Waals surface area contributed by atoms with Gasteiger partial charge in [0.25, 0.3) is 40.5 Å². The van der Waals surface area contributed by atoms with Crippen LogP contribution in [0.1, 0.15) is 18.7 Å². The van der Waals surface area contributed by atoms with Crippen molar-refractivity contribution >= 4 is 93.2 Å². The molecule has 38 nitrogen and oxygen atoms in total. The second-order valence-electron chi connectivity index (χ2n) is 16.9. The molecule has 2 bridgehead atoms. The summed E-state index contributed by atoms with van der Waals surface area (Å²) in [6.45, 7) is -8.97. The van der Waals surface area contributed by atoms with Crippen LogP contribution in [0.15, 0.2) is 34.9 Å². The fourth-order valence-electron chi connectivity index (χ4n) is 8.70. The maximum absolute atomic E-state index is 14.0. The van der Waals surface area contributed by atoms with Gasteiger partial charge in [-0.15, -0.1) is 0 Å². The van der Waals surface area contributed by atoms with Gasteiger partial charge in [0.15, 0.2) is 41.4 Å². The van der Waals surface area contributed by atoms with Gasteiger partial charge >= 0.3 is 5.65 Å². The van der Waals surface area contributed by atoms with Gasteiger partial charge in [0.2, 0.25) is 17.7 Å². The summed E-state index contributed by atoms with van der Waals surface area (Å²) in [6.07, 6.45) is -13.6. The van der Waals surface area contributed by atoms with E-state index in [1.165, 1.54) is 28.8 Å². The number of hydrogen-bond acceptors (Lipinski definition) is 33. The zero-order valence-electron chi connectivity index (χ0n) is 37.4. The summed E-state index contributed by atoms with van der Waals surface area (Å²) >= 11 is 5.17. The number of imidazole rings is 3. The average Bonchev–Trinajstić information content (AvgIpc) is 4.23. The molecule has 12 N–H and O–H groups in total. The van der Waals surface area contributed by atoms with Gasteiger partial charge in [0.05, 0.1) is 46.1 Å². The van der Waals surface area contributed by atoms with Crippen LogP contribution in [0, 0.1) is 0 Å². The van der Waals surface area contributed by atoms with Crippen LogP contribution >= 0.6 is 30.2 Å². The monoisotopic (exact) mass is 1160 g/mol. The molecule has 4 saturated heterocycles. The molecule has 16 atom stereocenters. The number of nitrogens with zero attached hydrogens (tertiary/aromatic N) is 10. The van der Waals surface area contributed by atoms with E-state index in [0.717, 1.165) is 21.8 Å². The number of aromatic amines is 2. The van der Waals surface area contributed by atoms with Gasteiger partial charge < -0.3 is 94.2 Å². The van der Waals surface area contributed by atoms with Crippen LogP contribution in [-0.2, 0) is 78.2 Å². The highest BCUT2D eigenvalue weighted by atomic mass is 32.5. The van der Waals surface area contributed by atoms with Crippen LogP contribution in [0.3, 0.4) is 0 Å². The van der Waals surface area contributed by atoms with Gasteiger partial charge in [-0.3, -0.25) is 47.0 Å². The van der Waals surface area contributed by atoms with Gasteiger partial charge in [-0.1, -0.05) is 16.8 Å². The number of nitrogens with two attached hydrogens (primary N) is 3. The molecule has 43 heteroatoms. The van der Waals surface area contributed by atoms with E-state index < -0.39 is 141 Å². The number of nitrogen functional groups attached to an aromatic ring is 3. The Bertz CT molecular complexity index is 3550. The number of aromatic nitrogens is 12. The van der Waals surface area contributed by atoms with Gasteiger partial charge in [0.1, 0.15) is 73.0 Å². The lowest BCUT2D eigenvalue weighted by atomic mass is 10.0. The molecule has 408 valence electrons. The van der Waals surface area contributed by atoms with E-state index in [0.29, 0.717) is 0 Å². The fraction of sp³-hybridized carbons (Fsp3) is 0.531. The summed E-state index contributed by atoms with van der Waals surface area (Å²) in [6, 6.07) is 0. The number of anilines is 3. The molecule has 0 aromatic carbocycles. The van der Waals surface area contributed by atoms with Crippen LogP contribution < -0.4 is 52.5 Å². The molecular weight excluding hydrogens is 1120 g/mol. The molecular formula is C32H38N15O23P4S-3. The predicted octanol–water partition coefficient (Wildman–Crippen LogP) is -7.37. The third kappa shape index (κ3) is 10.1. The molecule has 4 fully saturated rings. The van der Waals surface area contributed by atoms with Crippen molar-refractivity contribution < 1.29 is 104 Å². The van der Waals surface area contributed by atoms with E-state index in [1.54, 1.807) is 0 Å². The quantitative estimate of drug-likeness (QED) is 0.0285. The minimum absolute atomic E-state index is 0.0332. The first-order valence-corrected chi connectivity index (χ1v) is 28.1. The summed E-state index contributed by atoms with van der Waals surface area (Å²) in [7, 11) is -17.6. The number of nitrogens with one attached hydrogen (secondary N) is 2. The Labute approximate surface area is 419 Å². The fourth-order valence-corrected chi connectivity index (χ4v) is 13.6. The van der Waals surface area contributed by atoms with Crippen molar-refractivity contribution in [2.24, 2.45) is 7.05 Å². The van der Waals surface area contributed by atoms with E-state index in [9.17, 15) is 63.3 Å². The zero-order valence-corrected chi connectivity index (χ0v) is 41.8. The lowest BCUT2D eigenvalue weighted by Crippen LogP contribution is -2.46. The molecule has 75 heavy (non-hydrogen) atoms. The van der Waals surface area contributed by atoms with Gasteiger partial charge in [-0.2, -0.15) is 4.98 Å². The van der Waals surface area contributed by atoms with Crippen molar-refractivity contribution in [2.45, 2.75) is 73.1 Å². The van der Waals surface area contributed by atoms with Crippen LogP contribution in [0.4, 0.5) is 17.7 Å². The van der Waals surface area contributed by atoms with Gasteiger partial charge in [0, 0.05) is 0 Å². The van der Waals surface area contributed by atoms with Crippen molar-refractivity contribution in [3.05, 3.63) is 46.0 Å². The number of phosphoric ester groups is 2. The maximum atomic E-state index is 14.0. The first kappa shape index (κ1) is 53.7. The molecule has 4 aliphatic rings. The first-order valence-electron chi connectivity index (χ1n) is 21.2. The SMILES string of the molecule is Cn1c[n+]([C@@H]2O[C@H](COP(=O)([O-])OP(=O)([O-])OP(=O)([O-])OC[C@]34CO[C@@H](C3OP([O-])(=S)OC[C@H]3O[C@@H](n5cnc6c(=O)[nH]c(N)nc65)[C@@H](O)C3O)[C@H](n3cnc5c(N)ncnc53)O4)[C@H](O)C2O)c2nc(N)[nH]c(=O)c21. The summed E-state index contributed by atoms with van der Waals surface area (Å²) in [4.78, 5) is 106. The second kappa shape index (κ2) is 19.3. The van der Waals surface area contributed by atoms with Crippen LogP contribution in [0.5, 0.6) is 0 Å². The number of H-pyrrole nitrogens is 2. The topological polar surface area (TPSA) is 556 Å². The first-order chi connectivity index (χ1) is 35.2. The lowest BCUT2D eigenvalue weighted by Gasteiger charge is -2.38. The van der Waals surface area contributed by atoms with Crippen LogP contribution in [0.2, 0.25) is 0 Å². The van der Waals surface area contributed by atoms with Crippen molar-refractivity contribution in [3.63, 3.8) is 0 Å². The average molecular weight is 1160 g/mol. The van der Waals surface area contributed by atoms with E-state index in [-0.39, 0.29) is 51.2 Å². The van der Waals surface area contributed by atoms with Crippen molar-refractivity contribution in [1.29, 1.82) is 0 Å². The largest absolute Gasteiger partial charge is 0.780 e. The number of fused-ring (bicyclic) bond motifs is 5. The highest BCUT2D eigenvalue weighted by Gasteiger charge is 2.64. The number of rotatable bonds is 18. The van der Waals surface area contributed by atoms with Gasteiger partial charge in [-0.05, 0) is 0 Å². The molecule has 0 spiro atoms. The number of aryl methyl sites for hydroxylation is 1. The molecule has 0 aliphatic carbocycles. The van der Waals surface area contributed by atoms with Crippen LogP contribution in [-0.4, -0.2) is 155 Å². The van der Waals surface area contributed by atoms with Crippen molar-refractivity contribution in [2.75, 3.05) is 43.6 Å². The van der Waals surface area contributed by atoms with Gasteiger partial charge in [-0.25, -0.2) is 33.1 Å². The summed E-state index contributed by atoms with van der Waals surface area (Å²) in [5, 5.41) is 43.2. The van der Waals surface area contributed by atoms with E-state index in [2.05, 4.69) is 53.0 Å². The molecule has 6 aromatic rings. The normalized spacial score (nSPS) is 32.0. The Morgan fingerprint density at radius 2 is 1.43 bits per heavy atom. The third-order valence-corrected chi connectivity index (χ3v) is 17.6. The number of phosphoric acid groups is 3. The molecule has 0 radical (unpaired) electrons. The maximum Gasteiger partial charge on any atom is 0.313 e. The number of hydrogen-bond donors (Lipinski definition) is 9. The van der Waals surface area contributed by atoms with Crippen LogP contribution in [0.25, 0.3) is 33.5 Å². The summed E-state index contributed by atoms with van der Waals surface area (Å²) < 4.78 is 95.3. The molecule has 7 unspecified atom stereocenters. The predicted molar refractivity (Wildman–Crippen MR) is 235 cm³/mol. The van der Waals surface area contributed by atoms with Crippen molar-refractivity contribution in [1.82, 2.24) is 53.6 Å². The molecule has 6 aromatic heterocycles. The van der Waals surface area contributed by atoms with E-state index >= 15 is 0 Å². The number of ether oxygens (including phenoxy) is 4. The number of aliphatic hydroxyl groups excluding tert-OH is 4. The van der Waals surface area contributed by atoms with E-state index in [1.807, 2.05) is 0 Å². The second-order valence-corrected chi connectivity index (χ2v) is 24.1. The molecule has 10 rings (SSSR count). The Morgan fingerprint density at radius 1 is 0.800 bits per heavy atom. The highest BCUT2D eigenvalue weighted by molar-refractivity contribution is 8.06. The van der Waals surface area contributed by atoms with Crippen molar-refractivity contribution in [3.8, 4) is 0 Å². The zero-order chi connectivity index (χ0) is 53.9. The number of aliphatic hydroxyl groups is 4. The van der Waals surface area contributed by atoms with E-state index in [4.69, 9.17) is 61.5 Å². The Balaban J connectivity index is 0.809. The Morgan fingerprint density at radius 3 is 2.16 bits per heavy atom. The minimum atomic E-state index is -6.56. The summed E-state index contributed by atoms with van der Waals surface area (Å²) in [5.41, 5.74) is 13.2. The highest BCUT2D eigenvalue weighted by Crippen LogP contribution is 2.64. The molecule has 0 saturated carbocycles. The summed E-state index contributed by atoms with van der Waals surface area (Å²) in [5.74, 6) is -0.700. The minimum Gasteiger partial charge on any atom is -0.780 e. The third-order valence-electron chi connectivity index (χ3n) is 12.0. The molecule has 0 amide bonds. The molecule has 10 heterocycles. The standard InChI is InChI=1S/C32H41N15O23P4S/c1-44-9-47(24-14(44)26(53)43-31(35)41-24)28-18(51)15(48)10(66-28)2-62-71(54,55)69-73(58,59)70-72(56,57)64-5-32-4-61-19(29(67-32)45-7-38-12-21(33)36-6-37-22(12)45)20(32)68-74(60,75)63-3-11-16(49)17(50)27(65-11)46-8-39-13-23(46)40-30(34)42-25(13)52/h6-11,15-20,27-29,48-51H,2-5H2,1H3,(H11-,33,34,35,36,37,40,41,42,43,52,53,54,55,56,57,58,59,60,75)/p-3/t10-,11-,15+,16?,17+,18?,19+,20?,27-,28-,29-,32-,74?/m1/s1. The smallest absolute Gasteiger partial charge is 0.313 e. The Hall–Kier alpha value is -4.73. The Kier molecular flexibility index (Phi) is 13.8. The molecule has 4 aliphatic heterocycles. The lowest BCUT2D eigenvalue weighted by molar-refractivity contribution is -0.745.